The first-order chi connectivity index (χ1) is 11.4. The standard InChI is InChI=1S/C18H28BNO5/c1-12-9-14(23-11-16(2,3)15(21)22-8)20-10-13(12)19-24-17(4,5)18(6,7)25-19/h9-10H,11H2,1-8H3. The van der Waals surface area contributed by atoms with Crippen molar-refractivity contribution in [1.29, 1.82) is 0 Å². The third-order valence-corrected chi connectivity index (χ3v) is 4.95. The number of nitrogens with zero attached hydrogens (tertiary/aromatic N) is 1. The Kier molecular flexibility index (Phi) is 5.22. The molecule has 1 fully saturated rings. The fourth-order valence-corrected chi connectivity index (χ4v) is 2.43. The molecule has 1 aliphatic heterocycles. The first-order valence-electron chi connectivity index (χ1n) is 8.43. The summed E-state index contributed by atoms with van der Waals surface area (Å²) >= 11 is 0. The first kappa shape index (κ1) is 19.7. The van der Waals surface area contributed by atoms with Gasteiger partial charge in [-0.15, -0.1) is 0 Å². The van der Waals surface area contributed by atoms with Gasteiger partial charge in [-0.1, -0.05) is 0 Å². The van der Waals surface area contributed by atoms with Crippen LogP contribution in [0.1, 0.15) is 47.1 Å². The molecule has 25 heavy (non-hydrogen) atoms. The molecule has 0 radical (unpaired) electrons. The molecule has 2 rings (SSSR count). The highest BCUT2D eigenvalue weighted by Crippen LogP contribution is 2.36. The van der Waals surface area contributed by atoms with E-state index < -0.39 is 23.7 Å². The van der Waals surface area contributed by atoms with Crippen molar-refractivity contribution < 1.29 is 23.6 Å². The lowest BCUT2D eigenvalue weighted by Crippen LogP contribution is -2.41. The molecule has 1 aromatic rings. The van der Waals surface area contributed by atoms with Crippen LogP contribution in [0.25, 0.3) is 0 Å². The largest absolute Gasteiger partial charge is 0.496 e. The van der Waals surface area contributed by atoms with Crippen LogP contribution >= 0.6 is 0 Å². The molecule has 0 bridgehead atoms. The minimum atomic E-state index is -0.741. The lowest BCUT2D eigenvalue weighted by atomic mass is 9.77. The number of aromatic nitrogens is 1. The lowest BCUT2D eigenvalue weighted by Gasteiger charge is -2.32. The van der Waals surface area contributed by atoms with E-state index in [2.05, 4.69) is 4.98 Å². The maximum Gasteiger partial charge on any atom is 0.496 e. The maximum absolute atomic E-state index is 11.7. The van der Waals surface area contributed by atoms with Gasteiger partial charge in [0.05, 0.1) is 23.7 Å². The van der Waals surface area contributed by atoms with Crippen molar-refractivity contribution in [1.82, 2.24) is 4.98 Å². The number of hydrogen-bond donors (Lipinski definition) is 0. The molecule has 1 aromatic heterocycles. The summed E-state index contributed by atoms with van der Waals surface area (Å²) in [6, 6.07) is 1.83. The highest BCUT2D eigenvalue weighted by Gasteiger charge is 2.52. The first-order valence-corrected chi connectivity index (χ1v) is 8.43. The fourth-order valence-electron chi connectivity index (χ4n) is 2.43. The van der Waals surface area contributed by atoms with Gasteiger partial charge in [0, 0.05) is 17.7 Å². The van der Waals surface area contributed by atoms with Crippen LogP contribution in [-0.4, -0.2) is 43.0 Å². The summed E-state index contributed by atoms with van der Waals surface area (Å²) in [7, 11) is 0.907. The summed E-state index contributed by atoms with van der Waals surface area (Å²) in [5, 5.41) is 0. The number of aryl methyl sites for hydroxylation is 1. The Hall–Kier alpha value is -1.60. The molecule has 0 aliphatic carbocycles. The zero-order valence-electron chi connectivity index (χ0n) is 16.4. The summed E-state index contributed by atoms with van der Waals surface area (Å²) < 4.78 is 22.6. The second-order valence-corrected chi connectivity index (χ2v) is 8.13. The topological polar surface area (TPSA) is 66.9 Å². The molecule has 1 saturated heterocycles. The smallest absolute Gasteiger partial charge is 0.476 e. The number of carbonyl (C=O) groups is 1. The number of methoxy groups -OCH3 is 1. The molecule has 0 aromatic carbocycles. The van der Waals surface area contributed by atoms with E-state index >= 15 is 0 Å². The molecule has 0 atom stereocenters. The van der Waals surface area contributed by atoms with Crippen molar-refractivity contribution in [3.8, 4) is 5.88 Å². The van der Waals surface area contributed by atoms with Crippen LogP contribution in [0.3, 0.4) is 0 Å². The van der Waals surface area contributed by atoms with Gasteiger partial charge in [0.2, 0.25) is 5.88 Å². The molecular formula is C18H28BNO5. The van der Waals surface area contributed by atoms with Gasteiger partial charge in [-0.3, -0.25) is 4.79 Å². The van der Waals surface area contributed by atoms with Crippen molar-refractivity contribution >= 4 is 18.6 Å². The van der Waals surface area contributed by atoms with Gasteiger partial charge >= 0.3 is 13.1 Å². The van der Waals surface area contributed by atoms with Crippen LogP contribution in [0.4, 0.5) is 0 Å². The van der Waals surface area contributed by atoms with Gasteiger partial charge < -0.3 is 18.8 Å². The highest BCUT2D eigenvalue weighted by atomic mass is 16.7. The Bertz CT molecular complexity index is 641. The predicted octanol–water partition coefficient (Wildman–Crippen LogP) is 2.27. The van der Waals surface area contributed by atoms with Crippen molar-refractivity contribution in [2.75, 3.05) is 13.7 Å². The number of rotatable bonds is 5. The van der Waals surface area contributed by atoms with Gasteiger partial charge in [-0.2, -0.15) is 0 Å². The lowest BCUT2D eigenvalue weighted by molar-refractivity contribution is -0.152. The Morgan fingerprint density at radius 1 is 1.24 bits per heavy atom. The third-order valence-electron chi connectivity index (χ3n) is 4.95. The molecule has 0 unspecified atom stereocenters. The van der Waals surface area contributed by atoms with E-state index in [0.717, 1.165) is 11.0 Å². The van der Waals surface area contributed by atoms with Crippen molar-refractivity contribution in [3.63, 3.8) is 0 Å². The van der Waals surface area contributed by atoms with Crippen LogP contribution in [0.5, 0.6) is 5.88 Å². The average Bonchev–Trinajstić information content (AvgIpc) is 2.72. The molecule has 138 valence electrons. The van der Waals surface area contributed by atoms with E-state index in [1.807, 2.05) is 40.7 Å². The third kappa shape index (κ3) is 3.98. The summed E-state index contributed by atoms with van der Waals surface area (Å²) in [5.74, 6) is 0.132. The minimum absolute atomic E-state index is 0.182. The van der Waals surface area contributed by atoms with Crippen molar-refractivity contribution in [3.05, 3.63) is 17.8 Å². The summed E-state index contributed by atoms with van der Waals surface area (Å²) in [6.45, 7) is 13.7. The van der Waals surface area contributed by atoms with E-state index in [1.165, 1.54) is 7.11 Å². The molecule has 0 N–H and O–H groups in total. The molecular weight excluding hydrogens is 321 g/mol. The number of carbonyl (C=O) groups excluding carboxylic acids is 1. The quantitative estimate of drug-likeness (QED) is 0.600. The molecule has 0 spiro atoms. The van der Waals surface area contributed by atoms with Gasteiger partial charge in [0.25, 0.3) is 0 Å². The van der Waals surface area contributed by atoms with E-state index in [1.54, 1.807) is 20.0 Å². The second kappa shape index (κ2) is 6.61. The van der Waals surface area contributed by atoms with Crippen molar-refractivity contribution in [2.45, 2.75) is 59.7 Å². The summed E-state index contributed by atoms with van der Waals surface area (Å²) in [6.07, 6.45) is 1.71. The SMILES string of the molecule is COC(=O)C(C)(C)COc1cc(C)c(B2OC(C)(C)C(C)(C)O2)cn1. The minimum Gasteiger partial charge on any atom is -0.476 e. The summed E-state index contributed by atoms with van der Waals surface area (Å²) in [4.78, 5) is 16.0. The second-order valence-electron chi connectivity index (χ2n) is 8.13. The number of ether oxygens (including phenoxy) is 2. The Labute approximate surface area is 150 Å². The molecule has 1 aliphatic rings. The van der Waals surface area contributed by atoms with Crippen LogP contribution < -0.4 is 10.2 Å². The molecule has 6 nitrogen and oxygen atoms in total. The zero-order chi connectivity index (χ0) is 19.0. The van der Waals surface area contributed by atoms with Gasteiger partial charge in [0.1, 0.15) is 6.61 Å². The molecule has 7 heteroatoms. The fraction of sp³-hybridized carbons (Fsp3) is 0.667. The molecule has 0 amide bonds. The van der Waals surface area contributed by atoms with E-state index in [0.29, 0.717) is 5.88 Å². The Morgan fingerprint density at radius 3 is 2.28 bits per heavy atom. The van der Waals surface area contributed by atoms with Gasteiger partial charge in [-0.25, -0.2) is 4.98 Å². The zero-order valence-corrected chi connectivity index (χ0v) is 16.4. The van der Waals surface area contributed by atoms with Gasteiger partial charge in [0.15, 0.2) is 0 Å². The number of esters is 1. The van der Waals surface area contributed by atoms with Crippen LogP contribution in [0.15, 0.2) is 12.3 Å². The Balaban J connectivity index is 2.11. The number of pyridine rings is 1. The average molecular weight is 349 g/mol. The van der Waals surface area contributed by atoms with Crippen molar-refractivity contribution in [2.24, 2.45) is 5.41 Å². The summed E-state index contributed by atoms with van der Waals surface area (Å²) in [5.41, 5.74) is 0.292. The Morgan fingerprint density at radius 2 is 1.80 bits per heavy atom. The van der Waals surface area contributed by atoms with Crippen LogP contribution in [-0.2, 0) is 18.8 Å². The van der Waals surface area contributed by atoms with E-state index in [4.69, 9.17) is 18.8 Å². The number of hydrogen-bond acceptors (Lipinski definition) is 6. The van der Waals surface area contributed by atoms with E-state index in [9.17, 15) is 4.79 Å². The normalized spacial score (nSPS) is 19.0. The van der Waals surface area contributed by atoms with Gasteiger partial charge in [-0.05, 0) is 54.0 Å². The van der Waals surface area contributed by atoms with Crippen LogP contribution in [0.2, 0.25) is 0 Å². The maximum atomic E-state index is 11.7. The molecule has 2 heterocycles. The highest BCUT2D eigenvalue weighted by molar-refractivity contribution is 6.62. The monoisotopic (exact) mass is 349 g/mol. The van der Waals surface area contributed by atoms with E-state index in [-0.39, 0.29) is 12.6 Å². The predicted molar refractivity (Wildman–Crippen MR) is 96.0 cm³/mol. The van der Waals surface area contributed by atoms with Crippen LogP contribution in [0, 0.1) is 12.3 Å². The molecule has 0 saturated carbocycles.